The highest BCUT2D eigenvalue weighted by molar-refractivity contribution is 8.00. The fourth-order valence-electron chi connectivity index (χ4n) is 2.02. The van der Waals surface area contributed by atoms with Crippen LogP contribution in [0.5, 0.6) is 0 Å². The van der Waals surface area contributed by atoms with Gasteiger partial charge in [0, 0.05) is 11.9 Å². The number of ether oxygens (including phenoxy) is 1. The Morgan fingerprint density at radius 3 is 2.67 bits per heavy atom. The molecule has 0 saturated heterocycles. The summed E-state index contributed by atoms with van der Waals surface area (Å²) in [5.41, 5.74) is 2.10. The lowest BCUT2D eigenvalue weighted by atomic mass is 10.3. The van der Waals surface area contributed by atoms with Crippen LogP contribution >= 0.6 is 11.8 Å². The van der Waals surface area contributed by atoms with Crippen LogP contribution in [0.1, 0.15) is 11.4 Å². The number of nitrogens with one attached hydrogen (secondary N) is 1. The SMILES string of the molecule is Cc1nn(C)c(C)c1NC(=O)COC(=O)CSc1ccccc1F. The van der Waals surface area contributed by atoms with Gasteiger partial charge in [-0.05, 0) is 26.0 Å². The van der Waals surface area contributed by atoms with E-state index in [1.165, 1.54) is 6.07 Å². The summed E-state index contributed by atoms with van der Waals surface area (Å²) in [6.45, 7) is 3.21. The predicted molar refractivity (Wildman–Crippen MR) is 89.4 cm³/mol. The van der Waals surface area contributed by atoms with Gasteiger partial charge in [-0.3, -0.25) is 14.3 Å². The van der Waals surface area contributed by atoms with E-state index >= 15 is 0 Å². The van der Waals surface area contributed by atoms with Gasteiger partial charge >= 0.3 is 5.97 Å². The number of carbonyl (C=O) groups excluding carboxylic acids is 2. The maximum Gasteiger partial charge on any atom is 0.316 e. The Morgan fingerprint density at radius 1 is 1.33 bits per heavy atom. The molecule has 0 aliphatic rings. The van der Waals surface area contributed by atoms with E-state index in [0.717, 1.165) is 17.5 Å². The normalized spacial score (nSPS) is 10.5. The number of halogens is 1. The molecule has 1 aromatic carbocycles. The highest BCUT2D eigenvalue weighted by Gasteiger charge is 2.14. The second-order valence-electron chi connectivity index (χ2n) is 5.10. The summed E-state index contributed by atoms with van der Waals surface area (Å²) in [5, 5.41) is 6.86. The number of aryl methyl sites for hydroxylation is 2. The lowest BCUT2D eigenvalue weighted by molar-refractivity contribution is -0.144. The molecule has 0 fully saturated rings. The Hall–Kier alpha value is -2.35. The highest BCUT2D eigenvalue weighted by Crippen LogP contribution is 2.21. The molecule has 0 aliphatic heterocycles. The predicted octanol–water partition coefficient (Wildman–Crippen LogP) is 2.45. The van der Waals surface area contributed by atoms with Crippen molar-refractivity contribution in [2.75, 3.05) is 17.7 Å². The summed E-state index contributed by atoms with van der Waals surface area (Å²) in [7, 11) is 1.78. The van der Waals surface area contributed by atoms with Crippen LogP contribution in [0, 0.1) is 19.7 Å². The van der Waals surface area contributed by atoms with Crippen LogP contribution in [-0.4, -0.2) is 34.0 Å². The largest absolute Gasteiger partial charge is 0.455 e. The average Bonchev–Trinajstić information content (AvgIpc) is 2.78. The molecule has 0 bridgehead atoms. The summed E-state index contributed by atoms with van der Waals surface area (Å²) in [6.07, 6.45) is 0. The van der Waals surface area contributed by atoms with Gasteiger partial charge < -0.3 is 10.1 Å². The van der Waals surface area contributed by atoms with E-state index in [0.29, 0.717) is 16.3 Å². The summed E-state index contributed by atoms with van der Waals surface area (Å²) < 4.78 is 20.0. The van der Waals surface area contributed by atoms with Crippen LogP contribution in [0.3, 0.4) is 0 Å². The van der Waals surface area contributed by atoms with Crippen molar-refractivity contribution < 1.29 is 18.7 Å². The first kappa shape index (κ1) is 18.0. The minimum absolute atomic E-state index is 0.0703. The first-order valence-corrected chi connectivity index (χ1v) is 8.20. The number of anilines is 1. The monoisotopic (exact) mass is 351 g/mol. The standard InChI is InChI=1S/C16H18FN3O3S/c1-10-16(11(2)20(3)19-10)18-14(21)8-23-15(22)9-24-13-7-5-4-6-12(13)17/h4-7H,8-9H2,1-3H3,(H,18,21). The molecule has 1 aromatic heterocycles. The number of esters is 1. The van der Waals surface area contributed by atoms with E-state index in [9.17, 15) is 14.0 Å². The minimum Gasteiger partial charge on any atom is -0.455 e. The van der Waals surface area contributed by atoms with Crippen molar-refractivity contribution in [3.05, 3.63) is 41.5 Å². The molecule has 0 aliphatic carbocycles. The molecule has 8 heteroatoms. The zero-order valence-corrected chi connectivity index (χ0v) is 14.4. The van der Waals surface area contributed by atoms with Gasteiger partial charge in [0.2, 0.25) is 0 Å². The summed E-state index contributed by atoms with van der Waals surface area (Å²) in [5.74, 6) is -1.49. The molecule has 0 radical (unpaired) electrons. The van der Waals surface area contributed by atoms with Gasteiger partial charge in [0.25, 0.3) is 5.91 Å². The third-order valence-corrected chi connectivity index (χ3v) is 4.34. The molecule has 1 N–H and O–H groups in total. The van der Waals surface area contributed by atoms with Crippen LogP contribution in [0.2, 0.25) is 0 Å². The maximum absolute atomic E-state index is 13.4. The lowest BCUT2D eigenvalue weighted by Gasteiger charge is -2.07. The number of amides is 1. The fourth-order valence-corrected chi connectivity index (χ4v) is 2.75. The summed E-state index contributed by atoms with van der Waals surface area (Å²) in [4.78, 5) is 23.9. The molecule has 2 rings (SSSR count). The number of thioether (sulfide) groups is 1. The van der Waals surface area contributed by atoms with E-state index < -0.39 is 24.3 Å². The van der Waals surface area contributed by atoms with E-state index in [1.807, 2.05) is 6.92 Å². The van der Waals surface area contributed by atoms with Crippen molar-refractivity contribution in [2.45, 2.75) is 18.7 Å². The number of benzene rings is 1. The average molecular weight is 351 g/mol. The molecule has 1 amide bonds. The Kier molecular flexibility index (Phi) is 5.97. The van der Waals surface area contributed by atoms with Crippen molar-refractivity contribution >= 4 is 29.3 Å². The van der Waals surface area contributed by atoms with Crippen LogP contribution in [0.15, 0.2) is 29.2 Å². The number of carbonyl (C=O) groups is 2. The van der Waals surface area contributed by atoms with Gasteiger partial charge in [0.15, 0.2) is 6.61 Å². The molecule has 0 saturated carbocycles. The molecular formula is C16H18FN3O3S. The maximum atomic E-state index is 13.4. The first-order chi connectivity index (χ1) is 11.4. The van der Waals surface area contributed by atoms with E-state index in [-0.39, 0.29) is 5.75 Å². The summed E-state index contributed by atoms with van der Waals surface area (Å²) in [6, 6.07) is 6.15. The topological polar surface area (TPSA) is 73.2 Å². The highest BCUT2D eigenvalue weighted by atomic mass is 32.2. The quantitative estimate of drug-likeness (QED) is 0.639. The molecule has 24 heavy (non-hydrogen) atoms. The van der Waals surface area contributed by atoms with Gasteiger partial charge in [-0.2, -0.15) is 5.10 Å². The Labute approximate surface area is 143 Å². The molecule has 6 nitrogen and oxygen atoms in total. The number of aromatic nitrogens is 2. The first-order valence-electron chi connectivity index (χ1n) is 7.21. The van der Waals surface area contributed by atoms with Crippen molar-refractivity contribution in [3.63, 3.8) is 0 Å². The molecular weight excluding hydrogens is 333 g/mol. The van der Waals surface area contributed by atoms with Gasteiger partial charge in [0.1, 0.15) is 5.82 Å². The van der Waals surface area contributed by atoms with Crippen molar-refractivity contribution in [2.24, 2.45) is 7.05 Å². The molecule has 0 atom stereocenters. The van der Waals surface area contributed by atoms with Crippen molar-refractivity contribution in [3.8, 4) is 0 Å². The third kappa shape index (κ3) is 4.58. The smallest absolute Gasteiger partial charge is 0.316 e. The second kappa shape index (κ2) is 7.96. The van der Waals surface area contributed by atoms with Crippen LogP contribution < -0.4 is 5.32 Å². The summed E-state index contributed by atoms with van der Waals surface area (Å²) >= 11 is 1.02. The molecule has 128 valence electrons. The van der Waals surface area contributed by atoms with Gasteiger partial charge in [-0.1, -0.05) is 12.1 Å². The van der Waals surface area contributed by atoms with E-state index in [2.05, 4.69) is 10.4 Å². The number of rotatable bonds is 6. The van der Waals surface area contributed by atoms with Crippen molar-refractivity contribution in [1.82, 2.24) is 9.78 Å². The lowest BCUT2D eigenvalue weighted by Crippen LogP contribution is -2.22. The van der Waals surface area contributed by atoms with Crippen LogP contribution in [0.4, 0.5) is 10.1 Å². The molecule has 1 heterocycles. The van der Waals surface area contributed by atoms with Gasteiger partial charge in [-0.15, -0.1) is 11.8 Å². The second-order valence-corrected chi connectivity index (χ2v) is 6.11. The minimum atomic E-state index is -0.585. The van der Waals surface area contributed by atoms with Gasteiger partial charge in [-0.25, -0.2) is 4.39 Å². The number of hydrogen-bond donors (Lipinski definition) is 1. The fraction of sp³-hybridized carbons (Fsp3) is 0.312. The van der Waals surface area contributed by atoms with E-state index in [4.69, 9.17) is 4.74 Å². The number of nitrogens with zero attached hydrogens (tertiary/aromatic N) is 2. The Bertz CT molecular complexity index is 761. The van der Waals surface area contributed by atoms with Crippen molar-refractivity contribution in [1.29, 1.82) is 0 Å². The zero-order chi connectivity index (χ0) is 17.7. The van der Waals surface area contributed by atoms with E-state index in [1.54, 1.807) is 36.9 Å². The molecule has 0 unspecified atom stereocenters. The van der Waals surface area contributed by atoms with Gasteiger partial charge in [0.05, 0.1) is 22.8 Å². The van der Waals surface area contributed by atoms with Crippen LogP contribution in [-0.2, 0) is 21.4 Å². The third-order valence-electron chi connectivity index (χ3n) is 3.32. The zero-order valence-electron chi connectivity index (χ0n) is 13.6. The Morgan fingerprint density at radius 2 is 2.04 bits per heavy atom. The number of hydrogen-bond acceptors (Lipinski definition) is 5. The molecule has 2 aromatic rings. The molecule has 0 spiro atoms. The van der Waals surface area contributed by atoms with Crippen LogP contribution in [0.25, 0.3) is 0 Å². The Balaban J connectivity index is 1.79.